The molecule has 5 nitrogen and oxygen atoms in total. The second-order valence-electron chi connectivity index (χ2n) is 6.63. The number of ether oxygens (including phenoxy) is 2. The van der Waals surface area contributed by atoms with Crippen LogP contribution in [0.1, 0.15) is 39.2 Å². The molecule has 1 atom stereocenters. The Morgan fingerprint density at radius 1 is 1.23 bits per heavy atom. The van der Waals surface area contributed by atoms with Crippen molar-refractivity contribution in [1.82, 2.24) is 5.32 Å². The number of benzene rings is 1. The smallest absolute Gasteiger partial charge is 0.428 e. The zero-order valence-corrected chi connectivity index (χ0v) is 13.3. The van der Waals surface area contributed by atoms with E-state index < -0.39 is 23.3 Å². The lowest BCUT2D eigenvalue weighted by Crippen LogP contribution is -2.51. The van der Waals surface area contributed by atoms with Crippen molar-refractivity contribution in [3.63, 3.8) is 0 Å². The molecule has 1 N–H and O–H groups in total. The lowest BCUT2D eigenvalue weighted by Gasteiger charge is -2.27. The van der Waals surface area contributed by atoms with E-state index in [1.54, 1.807) is 20.8 Å². The third-order valence-electron chi connectivity index (χ3n) is 3.55. The van der Waals surface area contributed by atoms with Gasteiger partial charge in [-0.05, 0) is 45.7 Å². The number of carbonyl (C=O) groups is 2. The number of esters is 1. The molecule has 0 aromatic heterocycles. The summed E-state index contributed by atoms with van der Waals surface area (Å²) in [6, 6.07) is 9.71. The first-order chi connectivity index (χ1) is 10.3. The van der Waals surface area contributed by atoms with Crippen molar-refractivity contribution in [3.05, 3.63) is 35.9 Å². The van der Waals surface area contributed by atoms with Crippen LogP contribution in [0.15, 0.2) is 30.3 Å². The molecule has 0 aliphatic carbocycles. The van der Waals surface area contributed by atoms with Crippen molar-refractivity contribution < 1.29 is 19.1 Å². The molecule has 0 spiro atoms. The van der Waals surface area contributed by atoms with E-state index in [-0.39, 0.29) is 0 Å². The fourth-order valence-corrected chi connectivity index (χ4v) is 2.59. The van der Waals surface area contributed by atoms with Gasteiger partial charge in [0, 0.05) is 6.42 Å². The van der Waals surface area contributed by atoms with Crippen molar-refractivity contribution in [3.8, 4) is 0 Å². The highest BCUT2D eigenvalue weighted by molar-refractivity contribution is 5.89. The summed E-state index contributed by atoms with van der Waals surface area (Å²) in [4.78, 5) is 24.2. The topological polar surface area (TPSA) is 64.6 Å². The quantitative estimate of drug-likeness (QED) is 0.687. The Labute approximate surface area is 131 Å². The van der Waals surface area contributed by atoms with Gasteiger partial charge in [0.05, 0.1) is 0 Å². The van der Waals surface area contributed by atoms with Crippen molar-refractivity contribution >= 4 is 12.1 Å². The van der Waals surface area contributed by atoms with Crippen LogP contribution in [0.4, 0.5) is 4.79 Å². The van der Waals surface area contributed by atoms with Crippen LogP contribution in [0.2, 0.25) is 0 Å². The fourth-order valence-electron chi connectivity index (χ4n) is 2.59. The summed E-state index contributed by atoms with van der Waals surface area (Å²) in [6.45, 7) is 5.92. The third kappa shape index (κ3) is 4.31. The third-order valence-corrected chi connectivity index (χ3v) is 3.55. The molecule has 0 radical (unpaired) electrons. The Hall–Kier alpha value is -1.88. The van der Waals surface area contributed by atoms with Gasteiger partial charge >= 0.3 is 12.1 Å². The zero-order valence-electron chi connectivity index (χ0n) is 13.3. The predicted octanol–water partition coefficient (Wildman–Crippen LogP) is 2.83. The molecule has 1 fully saturated rings. The van der Waals surface area contributed by atoms with Crippen LogP contribution in [0.5, 0.6) is 0 Å². The van der Waals surface area contributed by atoms with Crippen molar-refractivity contribution in [2.24, 2.45) is 0 Å². The molecular weight excluding hydrogens is 282 g/mol. The van der Waals surface area contributed by atoms with E-state index in [2.05, 4.69) is 5.32 Å². The molecule has 120 valence electrons. The molecule has 1 aliphatic rings. The molecule has 22 heavy (non-hydrogen) atoms. The summed E-state index contributed by atoms with van der Waals surface area (Å²) in [6.07, 6.45) is 1.06. The van der Waals surface area contributed by atoms with Crippen molar-refractivity contribution in [2.75, 3.05) is 6.54 Å². The Morgan fingerprint density at radius 2 is 1.91 bits per heavy atom. The highest BCUT2D eigenvalue weighted by Gasteiger charge is 2.44. The van der Waals surface area contributed by atoms with Crippen LogP contribution >= 0.6 is 0 Å². The van der Waals surface area contributed by atoms with Crippen LogP contribution < -0.4 is 5.32 Å². The first kappa shape index (κ1) is 16.5. The van der Waals surface area contributed by atoms with Gasteiger partial charge in [0.25, 0.3) is 0 Å². The summed E-state index contributed by atoms with van der Waals surface area (Å²) in [5, 5.41) is 3.20. The number of nitrogens with one attached hydrogen (secondary N) is 1. The molecule has 1 aromatic rings. The van der Waals surface area contributed by atoms with Crippen LogP contribution in [0, 0.1) is 0 Å². The fraction of sp³-hybridized carbons (Fsp3) is 0.529. The van der Waals surface area contributed by atoms with E-state index in [1.165, 1.54) is 0 Å². The Kier molecular flexibility index (Phi) is 4.86. The van der Waals surface area contributed by atoms with Crippen molar-refractivity contribution in [1.29, 1.82) is 0 Å². The van der Waals surface area contributed by atoms with Crippen LogP contribution in [0.25, 0.3) is 0 Å². The van der Waals surface area contributed by atoms with Gasteiger partial charge in [-0.1, -0.05) is 30.3 Å². The van der Waals surface area contributed by atoms with Gasteiger partial charge in [0.15, 0.2) is 0 Å². The lowest BCUT2D eigenvalue weighted by atomic mass is 9.89. The van der Waals surface area contributed by atoms with Gasteiger partial charge in [-0.3, -0.25) is 0 Å². The largest absolute Gasteiger partial charge is 0.516 e. The molecule has 2 rings (SSSR count). The average Bonchev–Trinajstić information content (AvgIpc) is 2.87. The highest BCUT2D eigenvalue weighted by atomic mass is 16.7. The minimum atomic E-state index is -0.946. The Bertz CT molecular complexity index is 527. The van der Waals surface area contributed by atoms with E-state index in [0.717, 1.165) is 18.5 Å². The molecule has 1 saturated heterocycles. The molecule has 0 amide bonds. The van der Waals surface area contributed by atoms with E-state index in [4.69, 9.17) is 9.47 Å². The second-order valence-corrected chi connectivity index (χ2v) is 6.63. The summed E-state index contributed by atoms with van der Waals surface area (Å²) >= 11 is 0. The van der Waals surface area contributed by atoms with E-state index in [0.29, 0.717) is 12.8 Å². The summed E-state index contributed by atoms with van der Waals surface area (Å²) in [5.74, 6) is -0.567. The maximum absolute atomic E-state index is 12.5. The SMILES string of the molecule is CC(C)(C)OC(=O)OC(=O)[C@]1(Cc2ccccc2)CCCN1. The van der Waals surface area contributed by atoms with Crippen LogP contribution in [-0.2, 0) is 20.7 Å². The lowest BCUT2D eigenvalue weighted by molar-refractivity contribution is -0.148. The van der Waals surface area contributed by atoms with Crippen molar-refractivity contribution in [2.45, 2.75) is 51.2 Å². The predicted molar refractivity (Wildman–Crippen MR) is 82.4 cm³/mol. The van der Waals surface area contributed by atoms with Crippen LogP contribution in [-0.4, -0.2) is 29.8 Å². The monoisotopic (exact) mass is 305 g/mol. The molecule has 1 aliphatic heterocycles. The molecule has 0 saturated carbocycles. The van der Waals surface area contributed by atoms with E-state index in [1.807, 2.05) is 30.3 Å². The summed E-state index contributed by atoms with van der Waals surface area (Å²) in [5.41, 5.74) is -0.510. The van der Waals surface area contributed by atoms with E-state index in [9.17, 15) is 9.59 Å². The number of hydrogen-bond acceptors (Lipinski definition) is 5. The molecular formula is C17H23NO4. The van der Waals surface area contributed by atoms with Gasteiger partial charge in [0.2, 0.25) is 0 Å². The minimum absolute atomic E-state index is 0.496. The zero-order chi connectivity index (χ0) is 16.2. The molecule has 0 bridgehead atoms. The average molecular weight is 305 g/mol. The van der Waals surface area contributed by atoms with Crippen LogP contribution in [0.3, 0.4) is 0 Å². The molecule has 0 unspecified atom stereocenters. The second kappa shape index (κ2) is 6.48. The summed E-state index contributed by atoms with van der Waals surface area (Å²) < 4.78 is 9.98. The first-order valence-electron chi connectivity index (χ1n) is 7.55. The van der Waals surface area contributed by atoms with Gasteiger partial charge in [-0.2, -0.15) is 0 Å². The minimum Gasteiger partial charge on any atom is -0.428 e. The Morgan fingerprint density at radius 3 is 2.45 bits per heavy atom. The number of rotatable bonds is 3. The van der Waals surface area contributed by atoms with E-state index >= 15 is 0 Å². The van der Waals surface area contributed by atoms with Gasteiger partial charge in [-0.25, -0.2) is 9.59 Å². The van der Waals surface area contributed by atoms with Gasteiger partial charge in [0.1, 0.15) is 11.1 Å². The maximum atomic E-state index is 12.5. The summed E-state index contributed by atoms with van der Waals surface area (Å²) in [7, 11) is 0. The maximum Gasteiger partial charge on any atom is 0.516 e. The number of hydrogen-bond donors (Lipinski definition) is 1. The highest BCUT2D eigenvalue weighted by Crippen LogP contribution is 2.26. The standard InChI is InChI=1S/C17H23NO4/c1-16(2,3)22-15(20)21-14(19)17(10-7-11-18-17)12-13-8-5-4-6-9-13/h4-6,8-9,18H,7,10-12H2,1-3H3/t17-/m1/s1. The normalized spacial score (nSPS) is 21.4. The molecule has 1 aromatic carbocycles. The first-order valence-corrected chi connectivity index (χ1v) is 7.55. The Balaban J connectivity index is 2.07. The van der Waals surface area contributed by atoms with Gasteiger partial charge in [-0.15, -0.1) is 0 Å². The number of carbonyl (C=O) groups excluding carboxylic acids is 2. The molecule has 1 heterocycles. The van der Waals surface area contributed by atoms with Gasteiger partial charge < -0.3 is 14.8 Å². The molecule has 5 heteroatoms.